The Morgan fingerprint density at radius 1 is 1.00 bits per heavy atom. The van der Waals surface area contributed by atoms with E-state index in [-0.39, 0.29) is 10.8 Å². The third-order valence-corrected chi connectivity index (χ3v) is 8.14. The van der Waals surface area contributed by atoms with Crippen molar-refractivity contribution in [1.82, 2.24) is 15.2 Å². The average Bonchev–Trinajstić information content (AvgIpc) is 3.26. The summed E-state index contributed by atoms with van der Waals surface area (Å²) in [6.07, 6.45) is 4.23. The van der Waals surface area contributed by atoms with Gasteiger partial charge < -0.3 is 10.2 Å². The molecule has 0 saturated carbocycles. The van der Waals surface area contributed by atoms with Crippen molar-refractivity contribution in [3.63, 3.8) is 0 Å². The van der Waals surface area contributed by atoms with Gasteiger partial charge in [-0.2, -0.15) is 0 Å². The van der Waals surface area contributed by atoms with Gasteiger partial charge in [-0.15, -0.1) is 11.3 Å². The summed E-state index contributed by atoms with van der Waals surface area (Å²) in [6.45, 7) is 1.16. The summed E-state index contributed by atoms with van der Waals surface area (Å²) >= 11 is 1.39. The molecule has 33 heavy (non-hydrogen) atoms. The minimum absolute atomic E-state index is 0.164. The number of pyridine rings is 1. The van der Waals surface area contributed by atoms with Crippen LogP contribution in [0.1, 0.15) is 20.8 Å². The molecule has 0 aliphatic rings. The van der Waals surface area contributed by atoms with Gasteiger partial charge in [0.05, 0.1) is 19.4 Å². The van der Waals surface area contributed by atoms with Crippen LogP contribution in [-0.4, -0.2) is 44.8 Å². The van der Waals surface area contributed by atoms with Crippen molar-refractivity contribution in [3.05, 3.63) is 89.1 Å². The van der Waals surface area contributed by atoms with Crippen LogP contribution >= 0.6 is 11.3 Å². The molecular formula is C25H25N3O3S2. The van der Waals surface area contributed by atoms with Crippen LogP contribution < -0.4 is 5.32 Å². The van der Waals surface area contributed by atoms with Crippen LogP contribution in [0.4, 0.5) is 0 Å². The smallest absolute Gasteiger partial charge is 0.261 e. The molecule has 2 aromatic heterocycles. The van der Waals surface area contributed by atoms with E-state index in [0.717, 1.165) is 34.2 Å². The molecule has 0 radical (unpaired) electrons. The molecule has 4 rings (SSSR count). The van der Waals surface area contributed by atoms with Gasteiger partial charge in [-0.3, -0.25) is 9.78 Å². The third kappa shape index (κ3) is 5.47. The molecule has 0 bridgehead atoms. The summed E-state index contributed by atoms with van der Waals surface area (Å²) in [5, 5.41) is 3.88. The van der Waals surface area contributed by atoms with Gasteiger partial charge in [0.15, 0.2) is 0 Å². The van der Waals surface area contributed by atoms with Crippen molar-refractivity contribution in [2.24, 2.45) is 0 Å². The number of nitrogens with zero attached hydrogens (tertiary/aromatic N) is 2. The normalized spacial score (nSPS) is 11.7. The molecule has 0 aliphatic heterocycles. The minimum atomic E-state index is -3.61. The largest absolute Gasteiger partial charge is 0.347 e. The van der Waals surface area contributed by atoms with E-state index in [1.807, 2.05) is 32.3 Å². The van der Waals surface area contributed by atoms with Crippen molar-refractivity contribution in [1.29, 1.82) is 0 Å². The second-order valence-corrected chi connectivity index (χ2v) is 11.1. The topological polar surface area (TPSA) is 79.4 Å². The van der Waals surface area contributed by atoms with E-state index in [0.29, 0.717) is 16.3 Å². The fraction of sp³-hybridized carbons (Fsp3) is 0.200. The summed E-state index contributed by atoms with van der Waals surface area (Å²) in [6, 6.07) is 17.5. The first-order chi connectivity index (χ1) is 15.8. The van der Waals surface area contributed by atoms with Crippen LogP contribution in [0.15, 0.2) is 82.8 Å². The van der Waals surface area contributed by atoms with Crippen molar-refractivity contribution in [2.45, 2.75) is 22.8 Å². The molecule has 8 heteroatoms. The van der Waals surface area contributed by atoms with Gasteiger partial charge in [-0.25, -0.2) is 8.42 Å². The highest BCUT2D eigenvalue weighted by Gasteiger charge is 2.18. The Hall–Kier alpha value is -3.07. The van der Waals surface area contributed by atoms with Gasteiger partial charge in [-0.05, 0) is 73.4 Å². The molecule has 0 spiro atoms. The third-order valence-electron chi connectivity index (χ3n) is 5.29. The van der Waals surface area contributed by atoms with Crippen molar-refractivity contribution >= 4 is 37.2 Å². The fourth-order valence-electron chi connectivity index (χ4n) is 3.41. The number of benzene rings is 2. The Balaban J connectivity index is 1.43. The maximum absolute atomic E-state index is 13.1. The van der Waals surface area contributed by atoms with E-state index in [2.05, 4.69) is 15.2 Å². The highest BCUT2D eigenvalue weighted by Crippen LogP contribution is 2.25. The average molecular weight is 480 g/mol. The van der Waals surface area contributed by atoms with E-state index in [1.54, 1.807) is 54.9 Å². The first-order valence-corrected chi connectivity index (χ1v) is 12.8. The second-order valence-electron chi connectivity index (χ2n) is 8.05. The first-order valence-electron chi connectivity index (χ1n) is 10.5. The van der Waals surface area contributed by atoms with Crippen LogP contribution in [0.25, 0.3) is 10.1 Å². The summed E-state index contributed by atoms with van der Waals surface area (Å²) in [7, 11) is 0.370. The maximum Gasteiger partial charge on any atom is 0.261 e. The Labute approximate surface area is 197 Å². The summed E-state index contributed by atoms with van der Waals surface area (Å²) in [5.41, 5.74) is 1.81. The quantitative estimate of drug-likeness (QED) is 0.410. The predicted molar refractivity (Wildman–Crippen MR) is 131 cm³/mol. The molecule has 2 heterocycles. The van der Waals surface area contributed by atoms with E-state index in [9.17, 15) is 13.2 Å². The standard InChI is InChI=1S/C25H25N3O3S2/c1-28(2)13-11-18-4-3-5-22(14-18)33(30,31)21-8-6-19(7-9-21)16-27-25(29)23-15-20-10-12-26-17-24(20)32-23/h3-10,12,14-15,17H,11,13,16H2,1-2H3,(H,27,29). The number of carbonyl (C=O) groups excluding carboxylic acids is 1. The Bertz CT molecular complexity index is 1340. The molecule has 1 amide bonds. The highest BCUT2D eigenvalue weighted by atomic mass is 32.2. The van der Waals surface area contributed by atoms with Crippen molar-refractivity contribution in [3.8, 4) is 0 Å². The molecule has 4 aromatic rings. The minimum Gasteiger partial charge on any atom is -0.347 e. The van der Waals surface area contributed by atoms with E-state index in [4.69, 9.17) is 0 Å². The zero-order valence-corrected chi connectivity index (χ0v) is 20.1. The lowest BCUT2D eigenvalue weighted by atomic mass is 10.1. The van der Waals surface area contributed by atoms with Gasteiger partial charge in [0, 0.05) is 25.5 Å². The number of rotatable bonds is 8. The number of carbonyl (C=O) groups is 1. The lowest BCUT2D eigenvalue weighted by Gasteiger charge is -2.11. The van der Waals surface area contributed by atoms with Gasteiger partial charge in [0.25, 0.3) is 5.91 Å². The van der Waals surface area contributed by atoms with Crippen LogP contribution in [0.3, 0.4) is 0 Å². The number of hydrogen-bond acceptors (Lipinski definition) is 6. The molecule has 0 aliphatic carbocycles. The number of hydrogen-bond donors (Lipinski definition) is 1. The van der Waals surface area contributed by atoms with Crippen LogP contribution in [0.2, 0.25) is 0 Å². The highest BCUT2D eigenvalue weighted by molar-refractivity contribution is 7.91. The van der Waals surface area contributed by atoms with E-state index >= 15 is 0 Å². The Kier molecular flexibility index (Phi) is 6.88. The number of aromatic nitrogens is 1. The number of fused-ring (bicyclic) bond motifs is 1. The molecule has 6 nitrogen and oxygen atoms in total. The molecule has 0 unspecified atom stereocenters. The zero-order valence-electron chi connectivity index (χ0n) is 18.5. The van der Waals surface area contributed by atoms with Gasteiger partial charge >= 0.3 is 0 Å². The molecule has 1 N–H and O–H groups in total. The van der Waals surface area contributed by atoms with Gasteiger partial charge in [0.1, 0.15) is 0 Å². The summed E-state index contributed by atoms with van der Waals surface area (Å²) in [5.74, 6) is -0.164. The van der Waals surface area contributed by atoms with E-state index < -0.39 is 9.84 Å². The van der Waals surface area contributed by atoms with Crippen molar-refractivity contribution in [2.75, 3.05) is 20.6 Å². The van der Waals surface area contributed by atoms with Crippen LogP contribution in [-0.2, 0) is 22.8 Å². The molecule has 0 atom stereocenters. The number of amides is 1. The molecular weight excluding hydrogens is 454 g/mol. The fourth-order valence-corrected chi connectivity index (χ4v) is 5.69. The summed E-state index contributed by atoms with van der Waals surface area (Å²) in [4.78, 5) is 19.8. The van der Waals surface area contributed by atoms with Gasteiger partial charge in [-0.1, -0.05) is 24.3 Å². The Morgan fingerprint density at radius 2 is 1.79 bits per heavy atom. The zero-order chi connectivity index (χ0) is 23.4. The van der Waals surface area contributed by atoms with E-state index in [1.165, 1.54) is 11.3 Å². The summed E-state index contributed by atoms with van der Waals surface area (Å²) < 4.78 is 27.1. The SMILES string of the molecule is CN(C)CCc1cccc(S(=O)(=O)c2ccc(CNC(=O)c3cc4ccncc4s3)cc2)c1. The number of nitrogens with one attached hydrogen (secondary N) is 1. The predicted octanol–water partition coefficient (Wildman–Crippen LogP) is 4.16. The number of likely N-dealkylation sites (N-methyl/N-ethyl adjacent to an activating group) is 1. The van der Waals surface area contributed by atoms with Gasteiger partial charge in [0.2, 0.25) is 9.84 Å². The lowest BCUT2D eigenvalue weighted by molar-refractivity contribution is 0.0955. The first kappa shape index (κ1) is 23.1. The Morgan fingerprint density at radius 3 is 2.52 bits per heavy atom. The lowest BCUT2D eigenvalue weighted by Crippen LogP contribution is -2.21. The van der Waals surface area contributed by atoms with Crippen molar-refractivity contribution < 1.29 is 13.2 Å². The monoisotopic (exact) mass is 479 g/mol. The molecule has 2 aromatic carbocycles. The molecule has 170 valence electrons. The number of sulfone groups is 1. The maximum atomic E-state index is 13.1. The molecule has 0 fully saturated rings. The van der Waals surface area contributed by atoms with Crippen LogP contribution in [0, 0.1) is 0 Å². The second kappa shape index (κ2) is 9.82. The van der Waals surface area contributed by atoms with Crippen LogP contribution in [0.5, 0.6) is 0 Å². The molecule has 0 saturated heterocycles. The number of thiophene rings is 1.